The lowest BCUT2D eigenvalue weighted by molar-refractivity contribution is 0.570. The van der Waals surface area contributed by atoms with Gasteiger partial charge in [0.1, 0.15) is 0 Å². The predicted molar refractivity (Wildman–Crippen MR) is 66.1 cm³/mol. The van der Waals surface area contributed by atoms with E-state index in [2.05, 4.69) is 24.2 Å². The van der Waals surface area contributed by atoms with Crippen molar-refractivity contribution in [3.63, 3.8) is 0 Å². The van der Waals surface area contributed by atoms with E-state index in [9.17, 15) is 0 Å². The summed E-state index contributed by atoms with van der Waals surface area (Å²) in [5.74, 6) is 1.23. The van der Waals surface area contributed by atoms with Gasteiger partial charge in [-0.1, -0.05) is 38.5 Å². The molecule has 0 bridgehead atoms. The van der Waals surface area contributed by atoms with E-state index in [-0.39, 0.29) is 0 Å². The van der Waals surface area contributed by atoms with Gasteiger partial charge in [0.25, 0.3) is 0 Å². The molecule has 1 aliphatic rings. The Kier molecular flexibility index (Phi) is 6.08. The summed E-state index contributed by atoms with van der Waals surface area (Å²) in [6.45, 7) is 5.47. The van der Waals surface area contributed by atoms with Gasteiger partial charge in [0.05, 0.1) is 0 Å². The lowest BCUT2D eigenvalue weighted by Crippen LogP contribution is -2.37. The van der Waals surface area contributed by atoms with Crippen LogP contribution >= 0.6 is 11.8 Å². The first-order chi connectivity index (χ1) is 6.86. The third kappa shape index (κ3) is 4.36. The highest BCUT2D eigenvalue weighted by Gasteiger charge is 2.14. The van der Waals surface area contributed by atoms with Crippen LogP contribution < -0.4 is 5.32 Å². The molecule has 0 saturated carbocycles. The Hall–Kier alpha value is -0.180. The van der Waals surface area contributed by atoms with Gasteiger partial charge in [0.15, 0.2) is 5.17 Å². The summed E-state index contributed by atoms with van der Waals surface area (Å²) in [4.78, 5) is 4.59. The number of unbranched alkanes of at least 4 members (excludes halogenated alkanes) is 2. The molecule has 1 saturated heterocycles. The minimum Gasteiger partial charge on any atom is -0.362 e. The highest BCUT2D eigenvalue weighted by Crippen LogP contribution is 2.15. The van der Waals surface area contributed by atoms with Crippen LogP contribution in [0.2, 0.25) is 0 Å². The first-order valence-electron chi connectivity index (χ1n) is 5.80. The molecule has 82 valence electrons. The molecular formula is C11H22N2S. The van der Waals surface area contributed by atoms with E-state index < -0.39 is 0 Å². The predicted octanol–water partition coefficient (Wildman–Crippen LogP) is 3.04. The number of hydrogen-bond acceptors (Lipinski definition) is 2. The second-order valence-corrected chi connectivity index (χ2v) is 4.86. The molecule has 0 amide bonds. The van der Waals surface area contributed by atoms with E-state index >= 15 is 0 Å². The van der Waals surface area contributed by atoms with Gasteiger partial charge in [-0.25, -0.2) is 0 Å². The second-order valence-electron chi connectivity index (χ2n) is 3.78. The second kappa shape index (κ2) is 7.16. The van der Waals surface area contributed by atoms with Crippen molar-refractivity contribution in [1.29, 1.82) is 0 Å². The topological polar surface area (TPSA) is 24.4 Å². The molecule has 0 aromatic heterocycles. The molecule has 2 nitrogen and oxygen atoms in total. The lowest BCUT2D eigenvalue weighted by Gasteiger charge is -2.24. The molecule has 3 heteroatoms. The molecule has 0 aromatic rings. The van der Waals surface area contributed by atoms with Crippen LogP contribution in [0.4, 0.5) is 0 Å². The molecule has 0 radical (unpaired) electrons. The third-order valence-electron chi connectivity index (χ3n) is 2.54. The summed E-state index contributed by atoms with van der Waals surface area (Å²) in [6, 6.07) is 0.668. The van der Waals surface area contributed by atoms with Crippen molar-refractivity contribution in [2.24, 2.45) is 4.99 Å². The fourth-order valence-electron chi connectivity index (χ4n) is 1.53. The molecule has 1 N–H and O–H groups in total. The molecule has 0 spiro atoms. The minimum absolute atomic E-state index is 0.668. The van der Waals surface area contributed by atoms with Crippen LogP contribution in [0.25, 0.3) is 0 Å². The Labute approximate surface area is 92.0 Å². The van der Waals surface area contributed by atoms with Crippen molar-refractivity contribution in [3.05, 3.63) is 0 Å². The molecule has 1 fully saturated rings. The molecule has 1 heterocycles. The molecule has 1 rings (SSSR count). The highest BCUT2D eigenvalue weighted by molar-refractivity contribution is 8.13. The molecule has 1 aliphatic heterocycles. The quantitative estimate of drug-likeness (QED) is 0.711. The minimum atomic E-state index is 0.668. The van der Waals surface area contributed by atoms with E-state index in [1.165, 1.54) is 43.0 Å². The van der Waals surface area contributed by atoms with Crippen LogP contribution in [0.15, 0.2) is 4.99 Å². The van der Waals surface area contributed by atoms with Gasteiger partial charge in [0, 0.05) is 18.3 Å². The summed E-state index contributed by atoms with van der Waals surface area (Å²) in [5, 5.41) is 4.67. The third-order valence-corrected chi connectivity index (χ3v) is 3.50. The molecule has 0 aliphatic carbocycles. The zero-order valence-electron chi connectivity index (χ0n) is 9.38. The molecular weight excluding hydrogens is 192 g/mol. The summed E-state index contributed by atoms with van der Waals surface area (Å²) in [6.07, 6.45) is 6.32. The first-order valence-corrected chi connectivity index (χ1v) is 6.79. The standard InChI is InChI=1S/C11H22N2S/c1-3-5-6-8-12-11-13-10(4-2)7-9-14-11/h10H,3-9H2,1-2H3,(H,12,13). The van der Waals surface area contributed by atoms with Crippen molar-refractivity contribution in [2.75, 3.05) is 12.3 Å². The molecule has 1 unspecified atom stereocenters. The molecule has 1 atom stereocenters. The SMILES string of the molecule is CCCCCN=C1NC(CC)CCS1. The van der Waals surface area contributed by atoms with Gasteiger partial charge < -0.3 is 5.32 Å². The van der Waals surface area contributed by atoms with Gasteiger partial charge in [-0.05, 0) is 19.3 Å². The Morgan fingerprint density at radius 3 is 3.00 bits per heavy atom. The van der Waals surface area contributed by atoms with Crippen molar-refractivity contribution in [1.82, 2.24) is 5.32 Å². The van der Waals surface area contributed by atoms with Crippen molar-refractivity contribution in [3.8, 4) is 0 Å². The Bertz CT molecular complexity index is 180. The first kappa shape index (κ1) is 11.9. The van der Waals surface area contributed by atoms with Crippen LogP contribution in [0.3, 0.4) is 0 Å². The Morgan fingerprint density at radius 2 is 2.29 bits per heavy atom. The van der Waals surface area contributed by atoms with E-state index in [0.717, 1.165) is 6.54 Å². The van der Waals surface area contributed by atoms with Crippen LogP contribution in [0.5, 0.6) is 0 Å². The van der Waals surface area contributed by atoms with Gasteiger partial charge in [-0.2, -0.15) is 0 Å². The van der Waals surface area contributed by atoms with Crippen molar-refractivity contribution < 1.29 is 0 Å². The summed E-state index contributed by atoms with van der Waals surface area (Å²) >= 11 is 1.88. The number of nitrogens with zero attached hydrogens (tertiary/aromatic N) is 1. The van der Waals surface area contributed by atoms with Crippen LogP contribution in [0.1, 0.15) is 46.0 Å². The van der Waals surface area contributed by atoms with E-state index in [0.29, 0.717) is 6.04 Å². The van der Waals surface area contributed by atoms with E-state index in [1.807, 2.05) is 11.8 Å². The maximum Gasteiger partial charge on any atom is 0.156 e. The number of aliphatic imine (C=N–C) groups is 1. The van der Waals surface area contributed by atoms with E-state index in [1.54, 1.807) is 0 Å². The largest absolute Gasteiger partial charge is 0.362 e. The van der Waals surface area contributed by atoms with Gasteiger partial charge in [-0.15, -0.1) is 0 Å². The lowest BCUT2D eigenvalue weighted by atomic mass is 10.2. The maximum absolute atomic E-state index is 4.59. The van der Waals surface area contributed by atoms with Crippen molar-refractivity contribution >= 4 is 16.9 Å². The molecule has 0 aromatic carbocycles. The number of rotatable bonds is 5. The van der Waals surface area contributed by atoms with Crippen LogP contribution in [0, 0.1) is 0 Å². The number of hydrogen-bond donors (Lipinski definition) is 1. The Balaban J connectivity index is 2.21. The summed E-state index contributed by atoms with van der Waals surface area (Å²) in [5.41, 5.74) is 0. The number of amidine groups is 1. The summed E-state index contributed by atoms with van der Waals surface area (Å²) in [7, 11) is 0. The van der Waals surface area contributed by atoms with Gasteiger partial charge in [0.2, 0.25) is 0 Å². The fourth-order valence-corrected chi connectivity index (χ4v) is 2.55. The molecule has 14 heavy (non-hydrogen) atoms. The van der Waals surface area contributed by atoms with Crippen LogP contribution in [-0.2, 0) is 0 Å². The average molecular weight is 214 g/mol. The zero-order chi connectivity index (χ0) is 10.2. The smallest absolute Gasteiger partial charge is 0.156 e. The maximum atomic E-state index is 4.59. The Morgan fingerprint density at radius 1 is 1.43 bits per heavy atom. The monoisotopic (exact) mass is 214 g/mol. The van der Waals surface area contributed by atoms with E-state index in [4.69, 9.17) is 0 Å². The fraction of sp³-hybridized carbons (Fsp3) is 0.909. The summed E-state index contributed by atoms with van der Waals surface area (Å²) < 4.78 is 0. The van der Waals surface area contributed by atoms with Gasteiger partial charge >= 0.3 is 0 Å². The van der Waals surface area contributed by atoms with Gasteiger partial charge in [-0.3, -0.25) is 4.99 Å². The van der Waals surface area contributed by atoms with Crippen LogP contribution in [-0.4, -0.2) is 23.5 Å². The highest BCUT2D eigenvalue weighted by atomic mass is 32.2. The number of nitrogens with one attached hydrogen (secondary N) is 1. The average Bonchev–Trinajstić information content (AvgIpc) is 2.25. The number of thioether (sulfide) groups is 1. The van der Waals surface area contributed by atoms with Crippen molar-refractivity contribution in [2.45, 2.75) is 52.0 Å². The normalized spacial score (nSPS) is 25.0. The zero-order valence-corrected chi connectivity index (χ0v) is 10.2.